The van der Waals surface area contributed by atoms with Crippen molar-refractivity contribution < 1.29 is 0 Å². The van der Waals surface area contributed by atoms with Gasteiger partial charge in [-0.15, -0.1) is 0 Å². The molecule has 2 N–H and O–H groups in total. The summed E-state index contributed by atoms with van der Waals surface area (Å²) in [5, 5.41) is 0. The molecule has 14 heavy (non-hydrogen) atoms. The minimum atomic E-state index is -0.0843. The third-order valence-corrected chi connectivity index (χ3v) is 2.18. The Hall–Kier alpha value is -0.960. The number of aryl methyl sites for hydroxylation is 1. The molecular weight excluding hydrogens is 174 g/mol. The minimum absolute atomic E-state index is 0.0843. The van der Waals surface area contributed by atoms with E-state index in [1.165, 1.54) is 0 Å². The molecule has 0 radical (unpaired) electrons. The molecule has 1 atom stereocenters. The fourth-order valence-electron chi connectivity index (χ4n) is 1.22. The second-order valence-corrected chi connectivity index (χ2v) is 3.94. The van der Waals surface area contributed by atoms with E-state index in [9.17, 15) is 0 Å². The molecule has 3 nitrogen and oxygen atoms in total. The van der Waals surface area contributed by atoms with Gasteiger partial charge < -0.3 is 5.73 Å². The van der Waals surface area contributed by atoms with Gasteiger partial charge in [-0.05, 0) is 25.3 Å². The van der Waals surface area contributed by atoms with E-state index in [4.69, 9.17) is 5.73 Å². The zero-order valence-electron chi connectivity index (χ0n) is 9.41. The predicted octanol–water partition coefficient (Wildman–Crippen LogP) is 2.18. The van der Waals surface area contributed by atoms with Crippen molar-refractivity contribution >= 4 is 0 Å². The summed E-state index contributed by atoms with van der Waals surface area (Å²) in [6.07, 6.45) is 0.932. The van der Waals surface area contributed by atoms with Crippen LogP contribution in [0.25, 0.3) is 0 Å². The standard InChI is InChI=1S/C11H19N3/c1-5-9-6-10(7(2)3)14-11(13-9)8(4)12/h6-8H,5,12H2,1-4H3. The van der Waals surface area contributed by atoms with Gasteiger partial charge in [0, 0.05) is 11.4 Å². The number of aromatic nitrogens is 2. The molecule has 3 heteroatoms. The van der Waals surface area contributed by atoms with Crippen molar-refractivity contribution in [2.45, 2.75) is 46.1 Å². The maximum absolute atomic E-state index is 5.78. The lowest BCUT2D eigenvalue weighted by Gasteiger charge is -2.11. The van der Waals surface area contributed by atoms with Crippen LogP contribution < -0.4 is 5.73 Å². The van der Waals surface area contributed by atoms with Crippen LogP contribution in [-0.4, -0.2) is 9.97 Å². The first-order valence-corrected chi connectivity index (χ1v) is 5.18. The van der Waals surface area contributed by atoms with E-state index in [2.05, 4.69) is 36.8 Å². The Balaban J connectivity index is 3.13. The Morgan fingerprint density at radius 1 is 1.29 bits per heavy atom. The van der Waals surface area contributed by atoms with Crippen LogP contribution in [0.5, 0.6) is 0 Å². The second kappa shape index (κ2) is 4.51. The average molecular weight is 193 g/mol. The van der Waals surface area contributed by atoms with Crippen LogP contribution in [0, 0.1) is 0 Å². The van der Waals surface area contributed by atoms with Crippen LogP contribution in [0.2, 0.25) is 0 Å². The van der Waals surface area contributed by atoms with Gasteiger partial charge in [-0.25, -0.2) is 9.97 Å². The van der Waals surface area contributed by atoms with E-state index < -0.39 is 0 Å². The first-order chi connectivity index (χ1) is 6.54. The molecule has 1 rings (SSSR count). The molecule has 0 aliphatic carbocycles. The molecular formula is C11H19N3. The van der Waals surface area contributed by atoms with Gasteiger partial charge in [0.15, 0.2) is 0 Å². The fourth-order valence-corrected chi connectivity index (χ4v) is 1.22. The van der Waals surface area contributed by atoms with Crippen molar-refractivity contribution in [1.29, 1.82) is 0 Å². The molecule has 0 spiro atoms. The Morgan fingerprint density at radius 3 is 2.36 bits per heavy atom. The fraction of sp³-hybridized carbons (Fsp3) is 0.636. The molecule has 1 heterocycles. The Labute approximate surface area is 85.8 Å². The van der Waals surface area contributed by atoms with Crippen molar-refractivity contribution in [1.82, 2.24) is 9.97 Å². The third-order valence-electron chi connectivity index (χ3n) is 2.18. The van der Waals surface area contributed by atoms with Gasteiger partial charge in [0.25, 0.3) is 0 Å². The average Bonchev–Trinajstić information content (AvgIpc) is 2.16. The van der Waals surface area contributed by atoms with Crippen molar-refractivity contribution in [2.24, 2.45) is 5.73 Å². The number of nitrogens with two attached hydrogens (primary N) is 1. The van der Waals surface area contributed by atoms with E-state index >= 15 is 0 Å². The van der Waals surface area contributed by atoms with E-state index in [0.717, 1.165) is 23.6 Å². The van der Waals surface area contributed by atoms with E-state index in [-0.39, 0.29) is 6.04 Å². The molecule has 0 bridgehead atoms. The maximum atomic E-state index is 5.78. The van der Waals surface area contributed by atoms with Gasteiger partial charge >= 0.3 is 0 Å². The molecule has 0 aliphatic rings. The Bertz CT molecular complexity index is 279. The van der Waals surface area contributed by atoms with Crippen LogP contribution in [0.1, 0.15) is 56.9 Å². The molecule has 1 aromatic heterocycles. The monoisotopic (exact) mass is 193 g/mol. The van der Waals surface area contributed by atoms with Gasteiger partial charge in [-0.2, -0.15) is 0 Å². The number of hydrogen-bond donors (Lipinski definition) is 1. The zero-order chi connectivity index (χ0) is 10.7. The molecule has 1 aromatic rings. The van der Waals surface area contributed by atoms with Crippen molar-refractivity contribution in [3.8, 4) is 0 Å². The minimum Gasteiger partial charge on any atom is -0.322 e. The summed E-state index contributed by atoms with van der Waals surface area (Å²) in [4.78, 5) is 8.84. The number of rotatable bonds is 3. The van der Waals surface area contributed by atoms with Gasteiger partial charge in [-0.3, -0.25) is 0 Å². The quantitative estimate of drug-likeness (QED) is 0.800. The lowest BCUT2D eigenvalue weighted by molar-refractivity contribution is 0.695. The molecule has 0 aromatic carbocycles. The zero-order valence-corrected chi connectivity index (χ0v) is 9.41. The van der Waals surface area contributed by atoms with Gasteiger partial charge in [0.2, 0.25) is 0 Å². The van der Waals surface area contributed by atoms with Crippen LogP contribution in [0.3, 0.4) is 0 Å². The second-order valence-electron chi connectivity index (χ2n) is 3.94. The van der Waals surface area contributed by atoms with Crippen molar-refractivity contribution in [3.05, 3.63) is 23.3 Å². The Kier molecular flexibility index (Phi) is 3.58. The van der Waals surface area contributed by atoms with E-state index in [1.807, 2.05) is 6.92 Å². The highest BCUT2D eigenvalue weighted by Crippen LogP contribution is 2.15. The Morgan fingerprint density at radius 2 is 1.93 bits per heavy atom. The number of hydrogen-bond acceptors (Lipinski definition) is 3. The summed E-state index contributed by atoms with van der Waals surface area (Å²) >= 11 is 0. The molecule has 0 amide bonds. The first-order valence-electron chi connectivity index (χ1n) is 5.18. The highest BCUT2D eigenvalue weighted by atomic mass is 14.9. The van der Waals surface area contributed by atoms with Crippen molar-refractivity contribution in [2.75, 3.05) is 0 Å². The third kappa shape index (κ3) is 2.51. The van der Waals surface area contributed by atoms with Gasteiger partial charge in [0.1, 0.15) is 5.82 Å². The van der Waals surface area contributed by atoms with Gasteiger partial charge in [0.05, 0.1) is 6.04 Å². The highest BCUT2D eigenvalue weighted by molar-refractivity contribution is 5.15. The van der Waals surface area contributed by atoms with E-state index in [0.29, 0.717) is 5.92 Å². The summed E-state index contributed by atoms with van der Waals surface area (Å²) in [6, 6.07) is 1.98. The molecule has 0 fully saturated rings. The van der Waals surface area contributed by atoms with Crippen LogP contribution in [0.4, 0.5) is 0 Å². The normalized spacial score (nSPS) is 13.3. The van der Waals surface area contributed by atoms with Crippen LogP contribution in [0.15, 0.2) is 6.07 Å². The smallest absolute Gasteiger partial charge is 0.145 e. The molecule has 78 valence electrons. The molecule has 0 saturated carbocycles. The highest BCUT2D eigenvalue weighted by Gasteiger charge is 2.09. The first kappa shape index (κ1) is 11.1. The van der Waals surface area contributed by atoms with Gasteiger partial charge in [-0.1, -0.05) is 20.8 Å². The van der Waals surface area contributed by atoms with E-state index in [1.54, 1.807) is 0 Å². The molecule has 0 saturated heterocycles. The van der Waals surface area contributed by atoms with Crippen molar-refractivity contribution in [3.63, 3.8) is 0 Å². The SMILES string of the molecule is CCc1cc(C(C)C)nc(C(C)N)n1. The van der Waals surface area contributed by atoms with Crippen LogP contribution in [-0.2, 0) is 6.42 Å². The van der Waals surface area contributed by atoms with Crippen LogP contribution >= 0.6 is 0 Å². The molecule has 1 unspecified atom stereocenters. The summed E-state index contributed by atoms with van der Waals surface area (Å²) < 4.78 is 0. The summed E-state index contributed by atoms with van der Waals surface area (Å²) in [7, 11) is 0. The summed E-state index contributed by atoms with van der Waals surface area (Å²) in [5.41, 5.74) is 7.95. The largest absolute Gasteiger partial charge is 0.322 e. The maximum Gasteiger partial charge on any atom is 0.145 e. The number of nitrogens with zero attached hydrogens (tertiary/aromatic N) is 2. The molecule has 0 aliphatic heterocycles. The topological polar surface area (TPSA) is 51.8 Å². The summed E-state index contributed by atoms with van der Waals surface area (Å²) in [5.74, 6) is 1.19. The predicted molar refractivity (Wildman–Crippen MR) is 58.1 cm³/mol. The lowest BCUT2D eigenvalue weighted by Crippen LogP contribution is -2.13. The summed E-state index contributed by atoms with van der Waals surface area (Å²) in [6.45, 7) is 8.27. The lowest BCUT2D eigenvalue weighted by atomic mass is 10.1.